The van der Waals surface area contributed by atoms with Gasteiger partial charge in [0.2, 0.25) is 5.91 Å². The maximum absolute atomic E-state index is 11.8. The summed E-state index contributed by atoms with van der Waals surface area (Å²) in [7, 11) is 0. The van der Waals surface area contributed by atoms with E-state index in [-0.39, 0.29) is 18.0 Å². The molecule has 0 aromatic rings. The summed E-state index contributed by atoms with van der Waals surface area (Å²) in [6.45, 7) is 9.50. The van der Waals surface area contributed by atoms with Gasteiger partial charge in [-0.2, -0.15) is 0 Å². The van der Waals surface area contributed by atoms with Crippen molar-refractivity contribution in [3.63, 3.8) is 0 Å². The van der Waals surface area contributed by atoms with Crippen LogP contribution in [-0.2, 0) is 4.79 Å². The summed E-state index contributed by atoms with van der Waals surface area (Å²) in [6, 6.07) is -0.171. The molecule has 0 aromatic carbocycles. The zero-order valence-corrected chi connectivity index (χ0v) is 11.4. The van der Waals surface area contributed by atoms with E-state index in [1.807, 2.05) is 0 Å². The number of carbonyl (C=O) groups excluding carboxylic acids is 1. The van der Waals surface area contributed by atoms with Crippen LogP contribution >= 0.6 is 0 Å². The predicted octanol–water partition coefficient (Wildman–Crippen LogP) is 0.960. The Kier molecular flexibility index (Phi) is 5.92. The van der Waals surface area contributed by atoms with Crippen molar-refractivity contribution in [2.45, 2.75) is 52.1 Å². The Morgan fingerprint density at radius 1 is 1.29 bits per heavy atom. The fraction of sp³-hybridized carbons (Fsp3) is 0.923. The number of amides is 1. The molecular formula is C13H27N3O. The lowest BCUT2D eigenvalue weighted by atomic mass is 10.0. The van der Waals surface area contributed by atoms with Crippen molar-refractivity contribution in [2.75, 3.05) is 19.6 Å². The number of nitrogens with zero attached hydrogens (tertiary/aromatic N) is 1. The molecule has 1 rings (SSSR count). The molecule has 0 spiro atoms. The van der Waals surface area contributed by atoms with Gasteiger partial charge >= 0.3 is 0 Å². The molecule has 0 aliphatic carbocycles. The normalized spacial score (nSPS) is 20.5. The summed E-state index contributed by atoms with van der Waals surface area (Å²) in [5.74, 6) is 0.454. The number of hydrogen-bond acceptors (Lipinski definition) is 3. The van der Waals surface area contributed by atoms with Crippen molar-refractivity contribution in [1.29, 1.82) is 0 Å². The molecule has 0 bridgehead atoms. The average molecular weight is 241 g/mol. The highest BCUT2D eigenvalue weighted by molar-refractivity contribution is 5.81. The number of rotatable bonds is 6. The van der Waals surface area contributed by atoms with Gasteiger partial charge in [0, 0.05) is 12.6 Å². The van der Waals surface area contributed by atoms with Crippen LogP contribution < -0.4 is 11.1 Å². The van der Waals surface area contributed by atoms with E-state index in [1.165, 1.54) is 12.8 Å². The number of likely N-dealkylation sites (tertiary alicyclic amines) is 1. The van der Waals surface area contributed by atoms with Crippen molar-refractivity contribution < 1.29 is 4.79 Å². The first-order valence-corrected chi connectivity index (χ1v) is 6.77. The molecule has 1 unspecified atom stereocenters. The molecule has 4 nitrogen and oxygen atoms in total. The number of hydrogen-bond donors (Lipinski definition) is 2. The van der Waals surface area contributed by atoms with Gasteiger partial charge in [-0.25, -0.2) is 0 Å². The van der Waals surface area contributed by atoms with Gasteiger partial charge in [-0.05, 0) is 45.2 Å². The molecule has 1 heterocycles. The molecule has 0 aromatic heterocycles. The lowest BCUT2D eigenvalue weighted by Crippen LogP contribution is -2.48. The predicted molar refractivity (Wildman–Crippen MR) is 70.7 cm³/mol. The van der Waals surface area contributed by atoms with Gasteiger partial charge in [0.15, 0.2) is 0 Å². The van der Waals surface area contributed by atoms with E-state index < -0.39 is 0 Å². The molecule has 1 fully saturated rings. The van der Waals surface area contributed by atoms with E-state index in [1.54, 1.807) is 0 Å². The van der Waals surface area contributed by atoms with E-state index in [0.717, 1.165) is 26.1 Å². The summed E-state index contributed by atoms with van der Waals surface area (Å²) >= 11 is 0. The summed E-state index contributed by atoms with van der Waals surface area (Å²) in [5, 5.41) is 3.01. The van der Waals surface area contributed by atoms with Crippen molar-refractivity contribution in [2.24, 2.45) is 11.7 Å². The first-order chi connectivity index (χ1) is 7.99. The van der Waals surface area contributed by atoms with E-state index in [9.17, 15) is 4.79 Å². The van der Waals surface area contributed by atoms with E-state index >= 15 is 0 Å². The molecular weight excluding hydrogens is 214 g/mol. The molecule has 1 aliphatic heterocycles. The van der Waals surface area contributed by atoms with Crippen molar-refractivity contribution in [3.05, 3.63) is 0 Å². The third kappa shape index (κ3) is 5.50. The Balaban J connectivity index is 2.24. The number of carbonyl (C=O) groups is 1. The van der Waals surface area contributed by atoms with Gasteiger partial charge in [0.05, 0.1) is 6.04 Å². The Hall–Kier alpha value is -0.610. The second-order valence-corrected chi connectivity index (χ2v) is 5.65. The minimum atomic E-state index is -0.365. The largest absolute Gasteiger partial charge is 0.351 e. The van der Waals surface area contributed by atoms with Gasteiger partial charge < -0.3 is 16.0 Å². The van der Waals surface area contributed by atoms with E-state index in [0.29, 0.717) is 5.92 Å². The third-order valence-corrected chi connectivity index (χ3v) is 3.18. The zero-order chi connectivity index (χ0) is 12.8. The molecule has 4 heteroatoms. The van der Waals surface area contributed by atoms with Crippen LogP contribution in [0, 0.1) is 5.92 Å². The third-order valence-electron chi connectivity index (χ3n) is 3.18. The first-order valence-electron chi connectivity index (χ1n) is 6.77. The summed E-state index contributed by atoms with van der Waals surface area (Å²) in [5.41, 5.74) is 5.85. The van der Waals surface area contributed by atoms with Crippen LogP contribution in [0.25, 0.3) is 0 Å². The van der Waals surface area contributed by atoms with Crippen LogP contribution in [0.4, 0.5) is 0 Å². The number of nitrogens with one attached hydrogen (secondary N) is 1. The topological polar surface area (TPSA) is 58.4 Å². The second-order valence-electron chi connectivity index (χ2n) is 5.65. The van der Waals surface area contributed by atoms with Gasteiger partial charge in [-0.15, -0.1) is 0 Å². The Labute approximate surface area is 105 Å². The van der Waals surface area contributed by atoms with Gasteiger partial charge in [0.25, 0.3) is 0 Å². The SMILES string of the molecule is CC(C)C[C@@H](N)C(=O)NC(C)CN1CCCC1. The zero-order valence-electron chi connectivity index (χ0n) is 11.4. The maximum Gasteiger partial charge on any atom is 0.237 e. The lowest BCUT2D eigenvalue weighted by Gasteiger charge is -2.23. The molecule has 100 valence electrons. The standard InChI is InChI=1S/C13H27N3O/c1-10(2)8-12(14)13(17)15-11(3)9-16-6-4-5-7-16/h10-12H,4-9,14H2,1-3H3,(H,15,17)/t11?,12-/m1/s1. The highest BCUT2D eigenvalue weighted by Gasteiger charge is 2.19. The molecule has 3 N–H and O–H groups in total. The van der Waals surface area contributed by atoms with Crippen LogP contribution in [-0.4, -0.2) is 42.5 Å². The quantitative estimate of drug-likeness (QED) is 0.728. The molecule has 0 radical (unpaired) electrons. The van der Waals surface area contributed by atoms with Gasteiger partial charge in [0.1, 0.15) is 0 Å². The summed E-state index contributed by atoms with van der Waals surface area (Å²) in [4.78, 5) is 14.2. The Morgan fingerprint density at radius 2 is 1.88 bits per heavy atom. The fourth-order valence-corrected chi connectivity index (χ4v) is 2.36. The maximum atomic E-state index is 11.8. The summed E-state index contributed by atoms with van der Waals surface area (Å²) in [6.07, 6.45) is 3.32. The molecule has 0 saturated carbocycles. The minimum Gasteiger partial charge on any atom is -0.351 e. The van der Waals surface area contributed by atoms with Crippen molar-refractivity contribution in [1.82, 2.24) is 10.2 Å². The van der Waals surface area contributed by atoms with Gasteiger partial charge in [-0.1, -0.05) is 13.8 Å². The Bertz CT molecular complexity index is 237. The minimum absolute atomic E-state index is 0.00889. The van der Waals surface area contributed by atoms with Crippen LogP contribution in [0.15, 0.2) is 0 Å². The molecule has 1 amide bonds. The van der Waals surface area contributed by atoms with Crippen LogP contribution in [0.1, 0.15) is 40.0 Å². The van der Waals surface area contributed by atoms with E-state index in [2.05, 4.69) is 31.0 Å². The Morgan fingerprint density at radius 3 is 2.41 bits per heavy atom. The second kappa shape index (κ2) is 6.97. The highest BCUT2D eigenvalue weighted by Crippen LogP contribution is 2.08. The number of nitrogens with two attached hydrogens (primary N) is 1. The lowest BCUT2D eigenvalue weighted by molar-refractivity contribution is -0.123. The van der Waals surface area contributed by atoms with Gasteiger partial charge in [-0.3, -0.25) is 4.79 Å². The molecule has 17 heavy (non-hydrogen) atoms. The smallest absolute Gasteiger partial charge is 0.237 e. The van der Waals surface area contributed by atoms with Crippen LogP contribution in [0.5, 0.6) is 0 Å². The van der Waals surface area contributed by atoms with Crippen molar-refractivity contribution >= 4 is 5.91 Å². The molecule has 1 aliphatic rings. The van der Waals surface area contributed by atoms with Crippen molar-refractivity contribution in [3.8, 4) is 0 Å². The first kappa shape index (κ1) is 14.5. The van der Waals surface area contributed by atoms with Crippen LogP contribution in [0.3, 0.4) is 0 Å². The molecule has 1 saturated heterocycles. The van der Waals surface area contributed by atoms with E-state index in [4.69, 9.17) is 5.73 Å². The monoisotopic (exact) mass is 241 g/mol. The summed E-state index contributed by atoms with van der Waals surface area (Å²) < 4.78 is 0. The highest BCUT2D eigenvalue weighted by atomic mass is 16.2. The van der Waals surface area contributed by atoms with Crippen LogP contribution in [0.2, 0.25) is 0 Å². The fourth-order valence-electron chi connectivity index (χ4n) is 2.36. The average Bonchev–Trinajstić information content (AvgIpc) is 2.68. The molecule has 2 atom stereocenters.